The molecule has 0 saturated heterocycles. The Bertz CT molecular complexity index is 8.00. The van der Waals surface area contributed by atoms with Crippen LogP contribution in [0, 0.1) is 0 Å². The van der Waals surface area contributed by atoms with Crippen molar-refractivity contribution in [3.05, 3.63) is 0 Å². The highest BCUT2D eigenvalue weighted by atomic mass is 127. The Labute approximate surface area is 52.9 Å². The molecule has 1 nitrogen and oxygen atoms in total. The van der Waals surface area contributed by atoms with E-state index in [1.165, 1.54) is 0 Å². The summed E-state index contributed by atoms with van der Waals surface area (Å²) in [5.74, 6) is 0. The summed E-state index contributed by atoms with van der Waals surface area (Å²) in [5, 5.41) is 0. The van der Waals surface area contributed by atoms with Gasteiger partial charge in [0.2, 0.25) is 0 Å². The molecule has 0 unspecified atom stereocenters. The quantitative estimate of drug-likeness (QED) is 0.361. The van der Waals surface area contributed by atoms with Crippen molar-refractivity contribution in [1.82, 2.24) is 0 Å². The van der Waals surface area contributed by atoms with Gasteiger partial charge in [-0.15, -0.1) is 24.0 Å². The van der Waals surface area contributed by atoms with Crippen LogP contribution in [0.2, 0.25) is 0 Å². The van der Waals surface area contributed by atoms with Crippen molar-refractivity contribution < 1.29 is 4.79 Å². The lowest BCUT2D eigenvalue weighted by Crippen LogP contribution is -0.925. The van der Waals surface area contributed by atoms with E-state index >= 15 is 0 Å². The second-order valence-corrected chi connectivity index (χ2v) is 0. The molecule has 0 aromatic rings. The smallest absolute Gasteiger partial charge is 0.187 e. The van der Waals surface area contributed by atoms with Crippen LogP contribution in [0.15, 0.2) is 0 Å². The summed E-state index contributed by atoms with van der Waals surface area (Å²) in [7, 11) is 0. The van der Waals surface area contributed by atoms with Crippen LogP contribution >= 0.6 is 24.0 Å². The van der Waals surface area contributed by atoms with Gasteiger partial charge in [-0.2, -0.15) is 0 Å². The molecule has 0 aliphatic rings. The molecule has 4 heavy (non-hydrogen) atoms. The molecule has 0 radical (unpaired) electrons. The molecule has 0 aromatic heterocycles. The summed E-state index contributed by atoms with van der Waals surface area (Å²) < 4.78 is 0. The second kappa shape index (κ2) is 38.9. The maximum absolute atomic E-state index is 8.00. The van der Waals surface area contributed by atoms with Crippen LogP contribution in [-0.2, 0) is 4.79 Å². The number of carbonyl (C=O) groups excluding carboxylic acids is 1. The largest absolute Gasteiger partial charge is 0.307 e. The summed E-state index contributed by atoms with van der Waals surface area (Å²) in [6.45, 7) is 2.00. The third-order valence-corrected chi connectivity index (χ3v) is 0. The van der Waals surface area contributed by atoms with E-state index in [1.807, 2.05) is 6.79 Å². The van der Waals surface area contributed by atoms with Crippen LogP contribution in [0.5, 0.6) is 0 Å². The third kappa shape index (κ3) is 12.6. The average molecular weight is 188 g/mol. The van der Waals surface area contributed by atoms with Crippen LogP contribution in [0.25, 0.3) is 0 Å². The minimum Gasteiger partial charge on any atom is -0.307 e. The molecule has 0 aromatic carbocycles. The Balaban J connectivity index is -0.00000000500. The first kappa shape index (κ1) is 20.4. The van der Waals surface area contributed by atoms with Gasteiger partial charge in [0.05, 0.1) is 0 Å². The van der Waals surface area contributed by atoms with Gasteiger partial charge in [0.1, 0.15) is 6.79 Å². The monoisotopic (exact) mass is 188 g/mol. The van der Waals surface area contributed by atoms with E-state index in [2.05, 4.69) is 0 Å². The van der Waals surface area contributed by atoms with Gasteiger partial charge < -0.3 is 4.79 Å². The van der Waals surface area contributed by atoms with Crippen LogP contribution in [0.3, 0.4) is 0 Å². The molecule has 0 fully saturated rings. The molecule has 3 heteroatoms. The predicted molar refractivity (Wildman–Crippen MR) is 32.5 cm³/mol. The second-order valence-electron chi connectivity index (χ2n) is 0. The third-order valence-electron chi connectivity index (χ3n) is 0. The van der Waals surface area contributed by atoms with Crippen LogP contribution in [-0.4, -0.2) is 24.2 Å². The van der Waals surface area contributed by atoms with Crippen molar-refractivity contribution in [2.75, 3.05) is 0 Å². The van der Waals surface area contributed by atoms with E-state index in [0.29, 0.717) is 0 Å². The molecule has 0 saturated carbocycles. The molecule has 0 amide bonds. The van der Waals surface area contributed by atoms with Crippen LogP contribution < -0.4 is 0 Å². The summed E-state index contributed by atoms with van der Waals surface area (Å²) in [5.41, 5.74) is 0. The first-order valence-electron chi connectivity index (χ1n) is 0.289. The molecule has 0 atom stereocenters. The van der Waals surface area contributed by atoms with Crippen molar-refractivity contribution in [3.8, 4) is 0 Å². The minimum atomic E-state index is 0. The van der Waals surface area contributed by atoms with E-state index in [0.717, 1.165) is 0 Å². The topological polar surface area (TPSA) is 17.1 Å². The van der Waals surface area contributed by atoms with Gasteiger partial charge in [-0.1, -0.05) is 0 Å². The zero-order valence-corrected chi connectivity index (χ0v) is 3.85. The zero-order chi connectivity index (χ0) is 2.00. The summed E-state index contributed by atoms with van der Waals surface area (Å²) in [6.07, 6.45) is 0. The number of halogens is 1. The zero-order valence-electron chi connectivity index (χ0n) is 1.52. The lowest BCUT2D eigenvalue weighted by atomic mass is 11.9. The van der Waals surface area contributed by atoms with Crippen molar-refractivity contribution in [2.24, 2.45) is 0 Å². The average Bonchev–Trinajstić information content (AvgIpc) is 1.00. The first-order valence-corrected chi connectivity index (χ1v) is 0.289. The van der Waals surface area contributed by atoms with Crippen molar-refractivity contribution >= 4 is 48.1 Å². The van der Waals surface area contributed by atoms with Crippen LogP contribution in [0.1, 0.15) is 0 Å². The summed E-state index contributed by atoms with van der Waals surface area (Å²) >= 11 is 0. The van der Waals surface area contributed by atoms with Gasteiger partial charge in [-0.25, -0.2) is 0 Å². The number of carbonyl (C=O) groups is 1. The van der Waals surface area contributed by atoms with Gasteiger partial charge in [-0.05, 0) is 0 Å². The number of hydrogen-bond donors (Lipinski definition) is 0. The van der Waals surface area contributed by atoms with Crippen molar-refractivity contribution in [1.29, 1.82) is 0 Å². The van der Waals surface area contributed by atoms with Gasteiger partial charge in [0.25, 0.3) is 0 Å². The molecular weight excluding hydrogens is 182 g/mol. The fraction of sp³-hybridized carbons (Fsp3) is 0. The normalized spacial score (nSPS) is 1.00. The van der Waals surface area contributed by atoms with E-state index in [1.54, 1.807) is 0 Å². The van der Waals surface area contributed by atoms with Gasteiger partial charge in [0, 0.05) is 0 Å². The number of hydrogen-bond acceptors (Lipinski definition) is 1. The van der Waals surface area contributed by atoms with Crippen LogP contribution in [0.4, 0.5) is 0 Å². The van der Waals surface area contributed by atoms with Crippen molar-refractivity contribution in [3.63, 3.8) is 0 Å². The fourth-order valence-electron chi connectivity index (χ4n) is 0. The molecule has 0 aliphatic carbocycles. The standard InChI is InChI=1S/CH2O.Al.HI.3H/c1-2;;;;;/h1H2;;1H;;;. The maximum Gasteiger partial charge on any atom is 0.187 e. The highest BCUT2D eigenvalue weighted by molar-refractivity contribution is 14.0. The lowest BCUT2D eigenvalue weighted by Gasteiger charge is -0.837. The van der Waals surface area contributed by atoms with E-state index in [4.69, 9.17) is 4.79 Å². The summed E-state index contributed by atoms with van der Waals surface area (Å²) in [4.78, 5) is 8.00. The SMILES string of the molecule is C=O.I.[AlH3]. The Kier molecular flexibility index (Phi) is 199. The minimum absolute atomic E-state index is 0. The van der Waals surface area contributed by atoms with E-state index in [9.17, 15) is 0 Å². The van der Waals surface area contributed by atoms with E-state index in [-0.39, 0.29) is 41.3 Å². The Morgan fingerprint density at radius 3 is 1.25 bits per heavy atom. The molecule has 26 valence electrons. The molecule has 0 spiro atoms. The molecule has 0 bridgehead atoms. The summed E-state index contributed by atoms with van der Waals surface area (Å²) in [6, 6.07) is 0. The van der Waals surface area contributed by atoms with Gasteiger partial charge in [0.15, 0.2) is 17.4 Å². The Morgan fingerprint density at radius 1 is 1.25 bits per heavy atom. The molecular formula is CH6AlIO. The molecule has 0 rings (SSSR count). The fourth-order valence-corrected chi connectivity index (χ4v) is 0. The lowest BCUT2D eigenvalue weighted by molar-refractivity contribution is -0.0979. The molecule has 0 N–H and O–H groups in total. The first-order chi connectivity index (χ1) is 1.00. The highest BCUT2D eigenvalue weighted by Gasteiger charge is 0.636. The highest BCUT2D eigenvalue weighted by Crippen LogP contribution is 0.886. The van der Waals surface area contributed by atoms with Gasteiger partial charge >= 0.3 is 0 Å². The molecule has 0 heterocycles. The Morgan fingerprint density at radius 2 is 1.25 bits per heavy atom. The maximum atomic E-state index is 8.00. The van der Waals surface area contributed by atoms with Gasteiger partial charge in [-0.3, -0.25) is 0 Å². The number of rotatable bonds is 0. The Hall–Kier alpha value is 0.932. The van der Waals surface area contributed by atoms with Crippen molar-refractivity contribution in [2.45, 2.75) is 0 Å². The van der Waals surface area contributed by atoms with E-state index < -0.39 is 0 Å². The molecule has 0 aliphatic heterocycles. The predicted octanol–water partition coefficient (Wildman–Crippen LogP) is -0.751.